The summed E-state index contributed by atoms with van der Waals surface area (Å²) in [6.07, 6.45) is 0. The van der Waals surface area contributed by atoms with Crippen LogP contribution in [0.1, 0.15) is 6.92 Å². The molecular formula is C12H24N2O3. The number of rotatable bonds is 8. The third kappa shape index (κ3) is 4.26. The minimum Gasteiger partial charge on any atom is -0.383 e. The summed E-state index contributed by atoms with van der Waals surface area (Å²) in [4.78, 5) is 14.1. The van der Waals surface area contributed by atoms with Crippen molar-refractivity contribution in [1.82, 2.24) is 10.2 Å². The van der Waals surface area contributed by atoms with E-state index >= 15 is 0 Å². The molecule has 0 radical (unpaired) electrons. The van der Waals surface area contributed by atoms with Crippen LogP contribution in [0.2, 0.25) is 0 Å². The highest BCUT2D eigenvalue weighted by molar-refractivity contribution is 5.79. The molecular weight excluding hydrogens is 220 g/mol. The van der Waals surface area contributed by atoms with Crippen molar-refractivity contribution in [2.24, 2.45) is 11.8 Å². The van der Waals surface area contributed by atoms with E-state index in [1.807, 2.05) is 11.8 Å². The van der Waals surface area contributed by atoms with Crippen molar-refractivity contribution in [3.05, 3.63) is 0 Å². The maximum Gasteiger partial charge on any atom is 0.225 e. The van der Waals surface area contributed by atoms with E-state index in [1.165, 1.54) is 0 Å². The molecule has 5 nitrogen and oxygen atoms in total. The molecule has 1 saturated heterocycles. The standard InChI is InChI=1S/C12H24N2O3/c1-10(11-8-13-9-11)12(15)14(4-6-16-2)5-7-17-3/h10-11,13H,4-9H2,1-3H3. The van der Waals surface area contributed by atoms with Gasteiger partial charge in [-0.3, -0.25) is 4.79 Å². The van der Waals surface area contributed by atoms with Gasteiger partial charge >= 0.3 is 0 Å². The first-order valence-corrected chi connectivity index (χ1v) is 6.18. The van der Waals surface area contributed by atoms with Crippen LogP contribution >= 0.6 is 0 Å². The number of carbonyl (C=O) groups excluding carboxylic acids is 1. The summed E-state index contributed by atoms with van der Waals surface area (Å²) in [5.41, 5.74) is 0. The zero-order valence-electron chi connectivity index (χ0n) is 11.1. The molecule has 1 rings (SSSR count). The van der Waals surface area contributed by atoms with Gasteiger partial charge in [0.1, 0.15) is 0 Å². The summed E-state index contributed by atoms with van der Waals surface area (Å²) in [6.45, 7) is 6.35. The average Bonchev–Trinajstić information content (AvgIpc) is 2.26. The maximum atomic E-state index is 12.3. The van der Waals surface area contributed by atoms with Gasteiger partial charge < -0.3 is 19.7 Å². The van der Waals surface area contributed by atoms with Gasteiger partial charge in [0.15, 0.2) is 0 Å². The monoisotopic (exact) mass is 244 g/mol. The summed E-state index contributed by atoms with van der Waals surface area (Å²) in [6, 6.07) is 0. The molecule has 1 N–H and O–H groups in total. The zero-order valence-corrected chi connectivity index (χ0v) is 11.1. The Morgan fingerprint density at radius 3 is 2.18 bits per heavy atom. The van der Waals surface area contributed by atoms with E-state index in [0.717, 1.165) is 13.1 Å². The molecule has 0 aromatic rings. The molecule has 0 saturated carbocycles. The van der Waals surface area contributed by atoms with E-state index in [1.54, 1.807) is 14.2 Å². The maximum absolute atomic E-state index is 12.3. The Labute approximate surface area is 103 Å². The van der Waals surface area contributed by atoms with E-state index < -0.39 is 0 Å². The highest BCUT2D eigenvalue weighted by Gasteiger charge is 2.31. The molecule has 1 unspecified atom stereocenters. The fraction of sp³-hybridized carbons (Fsp3) is 0.917. The van der Waals surface area contributed by atoms with Crippen LogP contribution < -0.4 is 5.32 Å². The second-order valence-corrected chi connectivity index (χ2v) is 4.52. The second kappa shape index (κ2) is 7.63. The lowest BCUT2D eigenvalue weighted by molar-refractivity contribution is -0.138. The van der Waals surface area contributed by atoms with Gasteiger partial charge in [0.25, 0.3) is 0 Å². The summed E-state index contributed by atoms with van der Waals surface area (Å²) < 4.78 is 10.1. The van der Waals surface area contributed by atoms with E-state index in [2.05, 4.69) is 5.32 Å². The number of hydrogen-bond donors (Lipinski definition) is 1. The molecule has 0 aliphatic carbocycles. The van der Waals surface area contributed by atoms with Crippen molar-refractivity contribution < 1.29 is 14.3 Å². The zero-order chi connectivity index (χ0) is 12.7. The fourth-order valence-electron chi connectivity index (χ4n) is 1.89. The predicted molar refractivity (Wildman–Crippen MR) is 65.9 cm³/mol. The van der Waals surface area contributed by atoms with Crippen molar-refractivity contribution in [1.29, 1.82) is 0 Å². The average molecular weight is 244 g/mol. The predicted octanol–water partition coefficient (Wildman–Crippen LogP) is -0.0367. The molecule has 1 amide bonds. The first-order chi connectivity index (χ1) is 8.20. The van der Waals surface area contributed by atoms with Gasteiger partial charge in [0.05, 0.1) is 13.2 Å². The van der Waals surface area contributed by atoms with Crippen LogP contribution in [0.25, 0.3) is 0 Å². The van der Waals surface area contributed by atoms with E-state index in [9.17, 15) is 4.79 Å². The van der Waals surface area contributed by atoms with Crippen LogP contribution in [0.5, 0.6) is 0 Å². The van der Waals surface area contributed by atoms with Crippen molar-refractivity contribution in [2.45, 2.75) is 6.92 Å². The summed E-state index contributed by atoms with van der Waals surface area (Å²) >= 11 is 0. The van der Waals surface area contributed by atoms with Crippen molar-refractivity contribution in [3.63, 3.8) is 0 Å². The van der Waals surface area contributed by atoms with Gasteiger partial charge in [0.2, 0.25) is 5.91 Å². The Bertz CT molecular complexity index is 224. The van der Waals surface area contributed by atoms with Gasteiger partial charge in [-0.15, -0.1) is 0 Å². The molecule has 100 valence electrons. The summed E-state index contributed by atoms with van der Waals surface area (Å²) in [5, 5.41) is 3.20. The van der Waals surface area contributed by atoms with Crippen LogP contribution in [0.15, 0.2) is 0 Å². The van der Waals surface area contributed by atoms with E-state index in [-0.39, 0.29) is 11.8 Å². The molecule has 1 fully saturated rings. The Balaban J connectivity index is 2.44. The molecule has 0 aromatic carbocycles. The topological polar surface area (TPSA) is 50.8 Å². The van der Waals surface area contributed by atoms with Crippen molar-refractivity contribution in [3.8, 4) is 0 Å². The van der Waals surface area contributed by atoms with E-state index in [4.69, 9.17) is 9.47 Å². The summed E-state index contributed by atoms with van der Waals surface area (Å²) in [7, 11) is 3.30. The van der Waals surface area contributed by atoms with Crippen molar-refractivity contribution in [2.75, 3.05) is 53.6 Å². The third-order valence-corrected chi connectivity index (χ3v) is 3.35. The number of hydrogen-bond acceptors (Lipinski definition) is 4. The van der Waals surface area contributed by atoms with E-state index in [0.29, 0.717) is 32.2 Å². The highest BCUT2D eigenvalue weighted by Crippen LogP contribution is 2.18. The SMILES string of the molecule is COCCN(CCOC)C(=O)C(C)C1CNC1. The lowest BCUT2D eigenvalue weighted by atomic mass is 9.88. The highest BCUT2D eigenvalue weighted by atomic mass is 16.5. The molecule has 1 aliphatic rings. The Morgan fingerprint density at radius 2 is 1.82 bits per heavy atom. The number of methoxy groups -OCH3 is 2. The smallest absolute Gasteiger partial charge is 0.225 e. The number of ether oxygens (including phenoxy) is 2. The van der Waals surface area contributed by atoms with Gasteiger partial charge in [-0.2, -0.15) is 0 Å². The van der Waals surface area contributed by atoms with Crippen LogP contribution in [0, 0.1) is 11.8 Å². The molecule has 1 atom stereocenters. The van der Waals surface area contributed by atoms with Gasteiger partial charge in [0, 0.05) is 33.2 Å². The molecule has 0 bridgehead atoms. The normalized spacial score (nSPS) is 17.6. The second-order valence-electron chi connectivity index (χ2n) is 4.52. The Hall–Kier alpha value is -0.650. The minimum atomic E-state index is 0.0879. The Kier molecular flexibility index (Phi) is 6.47. The third-order valence-electron chi connectivity index (χ3n) is 3.35. The lowest BCUT2D eigenvalue weighted by Gasteiger charge is -2.35. The van der Waals surface area contributed by atoms with Crippen molar-refractivity contribution >= 4 is 5.91 Å². The molecule has 1 heterocycles. The fourth-order valence-corrected chi connectivity index (χ4v) is 1.89. The minimum absolute atomic E-state index is 0.0879. The number of amides is 1. The Morgan fingerprint density at radius 1 is 1.29 bits per heavy atom. The van der Waals surface area contributed by atoms with Gasteiger partial charge in [-0.1, -0.05) is 6.92 Å². The quantitative estimate of drug-likeness (QED) is 0.651. The molecule has 17 heavy (non-hydrogen) atoms. The molecule has 0 spiro atoms. The molecule has 1 aliphatic heterocycles. The first kappa shape index (κ1) is 14.4. The molecule has 0 aromatic heterocycles. The number of carbonyl (C=O) groups is 1. The molecule has 5 heteroatoms. The van der Waals surface area contributed by atoms with Crippen LogP contribution in [-0.4, -0.2) is 64.4 Å². The lowest BCUT2D eigenvalue weighted by Crippen LogP contribution is -2.51. The van der Waals surface area contributed by atoms with Crippen LogP contribution in [0.4, 0.5) is 0 Å². The largest absolute Gasteiger partial charge is 0.383 e. The van der Waals surface area contributed by atoms with Gasteiger partial charge in [-0.25, -0.2) is 0 Å². The number of nitrogens with zero attached hydrogens (tertiary/aromatic N) is 1. The first-order valence-electron chi connectivity index (χ1n) is 6.18. The van der Waals surface area contributed by atoms with Crippen LogP contribution in [0.3, 0.4) is 0 Å². The van der Waals surface area contributed by atoms with Gasteiger partial charge in [-0.05, 0) is 19.0 Å². The number of nitrogens with one attached hydrogen (secondary N) is 1. The summed E-state index contributed by atoms with van der Waals surface area (Å²) in [5.74, 6) is 0.783. The van der Waals surface area contributed by atoms with Crippen LogP contribution in [-0.2, 0) is 14.3 Å².